The van der Waals surface area contributed by atoms with Crippen LogP contribution in [-0.2, 0) is 9.59 Å². The Kier molecular flexibility index (Phi) is 5.61. The monoisotopic (exact) mass is 383 g/mol. The second-order valence-corrected chi connectivity index (χ2v) is 8.82. The van der Waals surface area contributed by atoms with E-state index in [4.69, 9.17) is 0 Å². The van der Waals surface area contributed by atoms with E-state index < -0.39 is 0 Å². The van der Waals surface area contributed by atoms with E-state index in [-0.39, 0.29) is 23.7 Å². The molecule has 0 aromatic heterocycles. The Morgan fingerprint density at radius 1 is 0.964 bits per heavy atom. The molecular formula is C23H33N3O2. The van der Waals surface area contributed by atoms with Gasteiger partial charge < -0.3 is 15.1 Å². The van der Waals surface area contributed by atoms with Gasteiger partial charge in [0.15, 0.2) is 0 Å². The van der Waals surface area contributed by atoms with Crippen LogP contribution in [0, 0.1) is 25.7 Å². The lowest BCUT2D eigenvalue weighted by molar-refractivity contribution is -0.135. The summed E-state index contributed by atoms with van der Waals surface area (Å²) in [6.07, 6.45) is 6.62. The van der Waals surface area contributed by atoms with Crippen molar-refractivity contribution in [1.82, 2.24) is 10.2 Å². The van der Waals surface area contributed by atoms with E-state index in [2.05, 4.69) is 42.3 Å². The molecule has 1 aromatic rings. The molecule has 5 nitrogen and oxygen atoms in total. The zero-order valence-electron chi connectivity index (χ0n) is 17.2. The van der Waals surface area contributed by atoms with Gasteiger partial charge in [-0.1, -0.05) is 31.4 Å². The predicted molar refractivity (Wildman–Crippen MR) is 111 cm³/mol. The van der Waals surface area contributed by atoms with Gasteiger partial charge >= 0.3 is 0 Å². The SMILES string of the molecule is Cc1cccc(N2CCN(C(=O)C3CC3C(=O)NC3CCCCC3)CC2)c1C. The second kappa shape index (κ2) is 8.14. The maximum Gasteiger partial charge on any atom is 0.226 e. The number of carbonyl (C=O) groups is 2. The third-order valence-corrected chi connectivity index (χ3v) is 6.90. The zero-order chi connectivity index (χ0) is 19.7. The summed E-state index contributed by atoms with van der Waals surface area (Å²) in [4.78, 5) is 29.7. The number of benzene rings is 1. The van der Waals surface area contributed by atoms with Crippen LogP contribution in [0.4, 0.5) is 5.69 Å². The van der Waals surface area contributed by atoms with Crippen molar-refractivity contribution < 1.29 is 9.59 Å². The topological polar surface area (TPSA) is 52.7 Å². The first-order valence-corrected chi connectivity index (χ1v) is 10.9. The van der Waals surface area contributed by atoms with Crippen LogP contribution in [0.15, 0.2) is 18.2 Å². The fourth-order valence-corrected chi connectivity index (χ4v) is 4.79. The Hall–Kier alpha value is -2.04. The first-order valence-electron chi connectivity index (χ1n) is 10.9. The average molecular weight is 384 g/mol. The molecule has 2 atom stereocenters. The Morgan fingerprint density at radius 3 is 2.39 bits per heavy atom. The lowest BCUT2D eigenvalue weighted by Crippen LogP contribution is -2.49. The standard InChI is InChI=1S/C23H33N3O2/c1-16-7-6-10-21(17(16)2)25-11-13-26(14-12-25)23(28)20-15-19(20)22(27)24-18-8-4-3-5-9-18/h6-7,10,18-20H,3-5,8-9,11-15H2,1-2H3,(H,24,27). The summed E-state index contributed by atoms with van der Waals surface area (Å²) in [5.41, 5.74) is 3.91. The Bertz CT molecular complexity index is 733. The van der Waals surface area contributed by atoms with Crippen molar-refractivity contribution in [1.29, 1.82) is 0 Å². The van der Waals surface area contributed by atoms with Crippen molar-refractivity contribution in [2.75, 3.05) is 31.1 Å². The number of hydrogen-bond acceptors (Lipinski definition) is 3. The Morgan fingerprint density at radius 2 is 1.68 bits per heavy atom. The third kappa shape index (κ3) is 4.03. The van der Waals surface area contributed by atoms with Crippen molar-refractivity contribution in [2.24, 2.45) is 11.8 Å². The van der Waals surface area contributed by atoms with E-state index in [9.17, 15) is 9.59 Å². The van der Waals surface area contributed by atoms with Crippen LogP contribution in [-0.4, -0.2) is 48.9 Å². The second-order valence-electron chi connectivity index (χ2n) is 8.82. The van der Waals surface area contributed by atoms with E-state index in [0.29, 0.717) is 6.04 Å². The highest BCUT2D eigenvalue weighted by Gasteiger charge is 2.50. The summed E-state index contributed by atoms with van der Waals surface area (Å²) in [6.45, 7) is 7.54. The van der Waals surface area contributed by atoms with Gasteiger partial charge in [-0.25, -0.2) is 0 Å². The molecular weight excluding hydrogens is 350 g/mol. The molecule has 5 heteroatoms. The normalized spacial score (nSPS) is 25.5. The van der Waals surface area contributed by atoms with Gasteiger partial charge in [0.2, 0.25) is 11.8 Å². The molecule has 3 fully saturated rings. The number of aryl methyl sites for hydroxylation is 1. The van der Waals surface area contributed by atoms with Gasteiger partial charge in [0, 0.05) is 37.9 Å². The highest BCUT2D eigenvalue weighted by atomic mass is 16.2. The van der Waals surface area contributed by atoms with Crippen molar-refractivity contribution in [3.8, 4) is 0 Å². The molecule has 1 aliphatic heterocycles. The number of amides is 2. The molecule has 28 heavy (non-hydrogen) atoms. The van der Waals surface area contributed by atoms with Gasteiger partial charge in [-0.3, -0.25) is 9.59 Å². The Labute approximate surface area is 168 Å². The van der Waals surface area contributed by atoms with Gasteiger partial charge in [0.1, 0.15) is 0 Å². The summed E-state index contributed by atoms with van der Waals surface area (Å²) >= 11 is 0. The number of rotatable bonds is 4. The van der Waals surface area contributed by atoms with Crippen LogP contribution in [0.25, 0.3) is 0 Å². The first kappa shape index (κ1) is 19.3. The van der Waals surface area contributed by atoms with Gasteiger partial charge in [-0.15, -0.1) is 0 Å². The lowest BCUT2D eigenvalue weighted by atomic mass is 9.95. The predicted octanol–water partition coefficient (Wildman–Crippen LogP) is 3.04. The molecule has 1 N–H and O–H groups in total. The number of nitrogens with zero attached hydrogens (tertiary/aromatic N) is 2. The van der Waals surface area contributed by atoms with Crippen molar-refractivity contribution in [3.63, 3.8) is 0 Å². The molecule has 2 unspecified atom stereocenters. The maximum atomic E-state index is 12.9. The molecule has 3 aliphatic rings. The van der Waals surface area contributed by atoms with Gasteiger partial charge in [-0.2, -0.15) is 0 Å². The summed E-state index contributed by atoms with van der Waals surface area (Å²) in [7, 11) is 0. The first-order chi connectivity index (χ1) is 13.5. The smallest absolute Gasteiger partial charge is 0.226 e. The molecule has 152 valence electrons. The number of hydrogen-bond donors (Lipinski definition) is 1. The molecule has 1 heterocycles. The molecule has 0 radical (unpaired) electrons. The van der Waals surface area contributed by atoms with Crippen LogP contribution in [0.3, 0.4) is 0 Å². The number of carbonyl (C=O) groups excluding carboxylic acids is 2. The molecule has 0 spiro atoms. The Balaban J connectivity index is 1.27. The van der Waals surface area contributed by atoms with Gasteiger partial charge in [0.25, 0.3) is 0 Å². The van der Waals surface area contributed by atoms with Crippen molar-refractivity contribution >= 4 is 17.5 Å². The van der Waals surface area contributed by atoms with E-state index in [1.54, 1.807) is 0 Å². The lowest BCUT2D eigenvalue weighted by Gasteiger charge is -2.37. The molecule has 2 amide bonds. The van der Waals surface area contributed by atoms with Gasteiger partial charge in [0.05, 0.1) is 11.8 Å². The molecule has 1 saturated heterocycles. The molecule has 1 aromatic carbocycles. The minimum Gasteiger partial charge on any atom is -0.368 e. The highest BCUT2D eigenvalue weighted by molar-refractivity contribution is 5.92. The number of nitrogens with one attached hydrogen (secondary N) is 1. The summed E-state index contributed by atoms with van der Waals surface area (Å²) in [6, 6.07) is 6.75. The summed E-state index contributed by atoms with van der Waals surface area (Å²) < 4.78 is 0. The van der Waals surface area contributed by atoms with Crippen LogP contribution < -0.4 is 10.2 Å². The zero-order valence-corrected chi connectivity index (χ0v) is 17.2. The van der Waals surface area contributed by atoms with E-state index in [1.807, 2.05) is 4.90 Å². The van der Waals surface area contributed by atoms with E-state index in [1.165, 1.54) is 36.1 Å². The quantitative estimate of drug-likeness (QED) is 0.869. The molecule has 0 bridgehead atoms. The van der Waals surface area contributed by atoms with Crippen LogP contribution >= 0.6 is 0 Å². The highest BCUT2D eigenvalue weighted by Crippen LogP contribution is 2.40. The van der Waals surface area contributed by atoms with Gasteiger partial charge in [-0.05, 0) is 50.3 Å². The van der Waals surface area contributed by atoms with Crippen molar-refractivity contribution in [3.05, 3.63) is 29.3 Å². The minimum absolute atomic E-state index is 0.0872. The average Bonchev–Trinajstić information content (AvgIpc) is 3.52. The maximum absolute atomic E-state index is 12.9. The minimum atomic E-state index is -0.0912. The van der Waals surface area contributed by atoms with E-state index in [0.717, 1.165) is 45.4 Å². The fourth-order valence-electron chi connectivity index (χ4n) is 4.79. The van der Waals surface area contributed by atoms with Crippen molar-refractivity contribution in [2.45, 2.75) is 58.4 Å². The molecule has 2 saturated carbocycles. The summed E-state index contributed by atoms with van der Waals surface area (Å²) in [5.74, 6) is 0.117. The largest absolute Gasteiger partial charge is 0.368 e. The van der Waals surface area contributed by atoms with Crippen LogP contribution in [0.2, 0.25) is 0 Å². The molecule has 2 aliphatic carbocycles. The summed E-state index contributed by atoms with van der Waals surface area (Å²) in [5, 5.41) is 3.19. The molecule has 4 rings (SSSR count). The number of anilines is 1. The third-order valence-electron chi connectivity index (χ3n) is 6.90. The fraction of sp³-hybridized carbons (Fsp3) is 0.652. The van der Waals surface area contributed by atoms with Crippen LogP contribution in [0.5, 0.6) is 0 Å². The number of piperazine rings is 1. The van der Waals surface area contributed by atoms with Crippen LogP contribution in [0.1, 0.15) is 49.7 Å². The van der Waals surface area contributed by atoms with E-state index >= 15 is 0 Å².